The number of piperidine rings is 1. The van der Waals surface area contributed by atoms with Crippen molar-refractivity contribution in [2.75, 3.05) is 51.4 Å². The Bertz CT molecular complexity index is 1930. The van der Waals surface area contributed by atoms with Gasteiger partial charge >= 0.3 is 12.1 Å². The number of hydrogen-bond donors (Lipinski definition) is 3. The van der Waals surface area contributed by atoms with Gasteiger partial charge in [-0.05, 0) is 91.1 Å². The van der Waals surface area contributed by atoms with Gasteiger partial charge in [0.05, 0.1) is 50.1 Å². The molecule has 16 heteroatoms. The first kappa shape index (κ1) is 47.1. The van der Waals surface area contributed by atoms with Gasteiger partial charge in [-0.25, -0.2) is 4.79 Å². The van der Waals surface area contributed by atoms with E-state index in [1.807, 2.05) is 0 Å². The highest BCUT2D eigenvalue weighted by molar-refractivity contribution is 6.74. The number of amides is 5. The summed E-state index contributed by atoms with van der Waals surface area (Å²) < 4.78 is 24.1. The quantitative estimate of drug-likeness (QED) is 0.0637. The maximum Gasteiger partial charge on any atom is 0.407 e. The molecule has 62 heavy (non-hydrogen) atoms. The second-order valence-electron chi connectivity index (χ2n) is 19.2. The third-order valence-corrected chi connectivity index (χ3v) is 18.2. The third-order valence-electron chi connectivity index (χ3n) is 13.7. The van der Waals surface area contributed by atoms with Crippen molar-refractivity contribution >= 4 is 49.7 Å². The summed E-state index contributed by atoms with van der Waals surface area (Å²) in [4.78, 5) is 78.3. The lowest BCUT2D eigenvalue weighted by Crippen LogP contribution is -2.54. The number of ether oxygens (including phenoxy) is 3. The molecule has 15 nitrogen and oxygen atoms in total. The molecule has 3 aliphatic heterocycles. The van der Waals surface area contributed by atoms with Crippen molar-refractivity contribution in [2.45, 2.75) is 116 Å². The van der Waals surface area contributed by atoms with E-state index in [0.717, 1.165) is 24.2 Å². The van der Waals surface area contributed by atoms with Crippen molar-refractivity contribution in [1.29, 1.82) is 0 Å². The SMILES string of the molecule is C[C@H]1C=C2C=C[C@H](C)[C@H](CC[C@@H]3C[C@@H](O[Si](C)(C)C(C)(C)C)CC(=O)O3)[C@@H]2[C@@H](CN(CCOCCOCCNc2cccc3c2C(=O)N(C2CCC(=O)NC2=O)C3=O)C(=O)O)C1. The Morgan fingerprint density at radius 1 is 1.02 bits per heavy atom. The first-order valence-electron chi connectivity index (χ1n) is 22.3. The molecule has 0 aromatic heterocycles. The van der Waals surface area contributed by atoms with Crippen LogP contribution < -0.4 is 10.6 Å². The van der Waals surface area contributed by atoms with E-state index in [0.29, 0.717) is 43.5 Å². The molecule has 340 valence electrons. The van der Waals surface area contributed by atoms with Crippen LogP contribution in [0.1, 0.15) is 100 Å². The van der Waals surface area contributed by atoms with Crippen molar-refractivity contribution in [3.05, 3.63) is 53.1 Å². The highest BCUT2D eigenvalue weighted by Gasteiger charge is 2.46. The lowest BCUT2D eigenvalue weighted by atomic mass is 9.62. The standard InChI is InChI=1S/C46H66N4O11Si/c1-28-23-30-12-11-29(2)34(14-13-32-25-33(26-39(52)60-32)61-62(6,7)46(3,4)5)40(30)31(24-28)27-49(45(56)57)18-20-59-22-21-58-19-17-47-36-10-8-9-35-41(36)44(55)50(43(35)54)37-15-16-38(51)48-42(37)53/h8-12,23,28-29,31-34,37,40,47H,13-22,24-27H2,1-7H3,(H,56,57)(H,48,51,53)/t28-,29-,31+,32+,33+,34-,37?,40-/m0/s1. The van der Waals surface area contributed by atoms with Gasteiger partial charge in [-0.1, -0.05) is 58.9 Å². The average molecular weight is 879 g/mol. The number of cyclic esters (lactones) is 1. The summed E-state index contributed by atoms with van der Waals surface area (Å²) in [5.74, 6) is -1.24. The van der Waals surface area contributed by atoms with Crippen molar-refractivity contribution < 1.29 is 52.5 Å². The van der Waals surface area contributed by atoms with E-state index in [9.17, 15) is 33.9 Å². The molecule has 2 aliphatic carbocycles. The van der Waals surface area contributed by atoms with Crippen molar-refractivity contribution in [3.8, 4) is 0 Å². The van der Waals surface area contributed by atoms with Crippen LogP contribution in [-0.4, -0.2) is 123 Å². The highest BCUT2D eigenvalue weighted by Crippen LogP contribution is 2.47. The highest BCUT2D eigenvalue weighted by atomic mass is 28.4. The van der Waals surface area contributed by atoms with Gasteiger partial charge in [0, 0.05) is 38.2 Å². The van der Waals surface area contributed by atoms with E-state index in [1.54, 1.807) is 18.2 Å². The first-order valence-corrected chi connectivity index (χ1v) is 25.2. The van der Waals surface area contributed by atoms with Gasteiger partial charge in [0.1, 0.15) is 12.1 Å². The molecular formula is C46H66N4O11Si. The van der Waals surface area contributed by atoms with Gasteiger partial charge in [0.15, 0.2) is 8.32 Å². The fourth-order valence-corrected chi connectivity index (χ4v) is 10.9. The number of fused-ring (bicyclic) bond motifs is 2. The van der Waals surface area contributed by atoms with Crippen LogP contribution in [0.2, 0.25) is 18.1 Å². The Morgan fingerprint density at radius 3 is 2.47 bits per heavy atom. The van der Waals surface area contributed by atoms with Gasteiger partial charge in [-0.15, -0.1) is 0 Å². The predicted molar refractivity (Wildman–Crippen MR) is 234 cm³/mol. The summed E-state index contributed by atoms with van der Waals surface area (Å²) in [6.45, 7) is 17.4. The molecule has 2 fully saturated rings. The number of carbonyl (C=O) groups is 6. The number of carboxylic acid groups (broad SMARTS) is 1. The third kappa shape index (κ3) is 11.0. The van der Waals surface area contributed by atoms with Crippen LogP contribution >= 0.6 is 0 Å². The number of allylic oxidation sites excluding steroid dienone is 4. The van der Waals surface area contributed by atoms with Gasteiger partial charge in [-0.3, -0.25) is 34.2 Å². The number of rotatable bonds is 18. The largest absolute Gasteiger partial charge is 0.465 e. The zero-order valence-electron chi connectivity index (χ0n) is 37.4. The molecule has 0 spiro atoms. The second-order valence-corrected chi connectivity index (χ2v) is 24.0. The Kier molecular flexibility index (Phi) is 15.2. The molecule has 5 amide bonds. The van der Waals surface area contributed by atoms with Crippen LogP contribution in [0.5, 0.6) is 0 Å². The van der Waals surface area contributed by atoms with Crippen LogP contribution in [0.25, 0.3) is 0 Å². The van der Waals surface area contributed by atoms with E-state index in [4.69, 9.17) is 18.6 Å². The molecule has 2 saturated heterocycles. The van der Waals surface area contributed by atoms with Crippen LogP contribution in [0.15, 0.2) is 42.0 Å². The normalized spacial score (nSPS) is 27.6. The minimum absolute atomic E-state index is 0.0443. The summed E-state index contributed by atoms with van der Waals surface area (Å²) >= 11 is 0. The number of imide groups is 2. The van der Waals surface area contributed by atoms with E-state index < -0.39 is 44.1 Å². The van der Waals surface area contributed by atoms with Crippen molar-refractivity contribution in [2.24, 2.45) is 29.6 Å². The number of nitrogens with zero attached hydrogens (tertiary/aromatic N) is 2. The van der Waals surface area contributed by atoms with E-state index in [-0.39, 0.29) is 97.9 Å². The molecule has 6 rings (SSSR count). The van der Waals surface area contributed by atoms with Gasteiger partial charge in [0.25, 0.3) is 11.8 Å². The van der Waals surface area contributed by atoms with Gasteiger partial charge < -0.3 is 34.0 Å². The molecule has 3 heterocycles. The maximum atomic E-state index is 13.3. The molecule has 5 aliphatic rings. The minimum atomic E-state index is -2.06. The topological polar surface area (TPSA) is 190 Å². The number of carbonyl (C=O) groups excluding carboxylic acids is 5. The summed E-state index contributed by atoms with van der Waals surface area (Å²) in [7, 11) is -2.06. The van der Waals surface area contributed by atoms with Crippen LogP contribution in [0, 0.1) is 29.6 Å². The van der Waals surface area contributed by atoms with Gasteiger partial charge in [-0.2, -0.15) is 0 Å². The Labute approximate surface area is 366 Å². The zero-order chi connectivity index (χ0) is 44.9. The summed E-state index contributed by atoms with van der Waals surface area (Å²) in [5.41, 5.74) is 2.09. The molecule has 1 aromatic rings. The van der Waals surface area contributed by atoms with Crippen molar-refractivity contribution in [3.63, 3.8) is 0 Å². The van der Waals surface area contributed by atoms with Crippen LogP contribution in [0.4, 0.5) is 10.5 Å². The number of esters is 1. The molecule has 0 radical (unpaired) electrons. The monoisotopic (exact) mass is 878 g/mol. The number of benzene rings is 1. The first-order chi connectivity index (χ1) is 29.3. The van der Waals surface area contributed by atoms with Crippen molar-refractivity contribution in [1.82, 2.24) is 15.1 Å². The Morgan fingerprint density at radius 2 is 1.76 bits per heavy atom. The summed E-state index contributed by atoms with van der Waals surface area (Å²) in [5, 5.41) is 15.7. The molecule has 0 saturated carbocycles. The van der Waals surface area contributed by atoms with E-state index >= 15 is 0 Å². The fourth-order valence-electron chi connectivity index (χ4n) is 9.58. The lowest BCUT2D eigenvalue weighted by Gasteiger charge is -2.45. The Balaban J connectivity index is 0.949. The number of hydrogen-bond acceptors (Lipinski definition) is 11. The molecule has 3 N–H and O–H groups in total. The molecule has 1 aromatic carbocycles. The smallest absolute Gasteiger partial charge is 0.407 e. The number of anilines is 1. The predicted octanol–water partition coefficient (Wildman–Crippen LogP) is 6.41. The Hall–Kier alpha value is -4.38. The fraction of sp³-hybridized carbons (Fsp3) is 0.652. The lowest BCUT2D eigenvalue weighted by molar-refractivity contribution is -0.160. The zero-order valence-corrected chi connectivity index (χ0v) is 38.4. The second kappa shape index (κ2) is 20.0. The summed E-state index contributed by atoms with van der Waals surface area (Å²) in [6.07, 6.45) is 9.14. The maximum absolute atomic E-state index is 13.3. The molecule has 8 atom stereocenters. The van der Waals surface area contributed by atoms with E-state index in [2.05, 4.69) is 76.6 Å². The summed E-state index contributed by atoms with van der Waals surface area (Å²) in [6, 6.07) is 3.84. The number of nitrogens with one attached hydrogen (secondary N) is 2. The average Bonchev–Trinajstić information content (AvgIpc) is 3.44. The van der Waals surface area contributed by atoms with E-state index in [1.165, 1.54) is 10.5 Å². The molecular weight excluding hydrogens is 813 g/mol. The molecule has 1 unspecified atom stereocenters. The minimum Gasteiger partial charge on any atom is -0.465 e. The van der Waals surface area contributed by atoms with Crippen LogP contribution in [0.3, 0.4) is 0 Å². The van der Waals surface area contributed by atoms with Gasteiger partial charge in [0.2, 0.25) is 11.8 Å². The van der Waals surface area contributed by atoms with Crippen LogP contribution in [-0.2, 0) is 33.0 Å². The molecule has 0 bridgehead atoms.